The third-order valence-electron chi connectivity index (χ3n) is 16.9. The SMILES string of the molecule is CC[C@H]1c2cc3[nH]c(c(CC(=O)OC)c4nc(cc5[nH]c(cc(n2)[C@@H]1C)c(C(C)=O)c5C)[C@@H](C)[C@@H]4CC(=O)NCCCC[C@@H]1NC(=O)[C@@H](Cc2ccccc2)NC(=O)[C@H](CC(=O)O)NC(=O)CNC(=O)[C@H](CCCN=C(N)N)NC1=O)c(C(=O)NCCS(=O)(=O)O)c3C. The molecule has 500 valence electrons. The molecule has 0 aliphatic carbocycles. The molecule has 1 fully saturated rings. The molecule has 1 saturated heterocycles. The molecule has 1 aromatic carbocycles. The summed E-state index contributed by atoms with van der Waals surface area (Å²) in [4.78, 5) is 158. The van der Waals surface area contributed by atoms with Gasteiger partial charge in [0, 0.05) is 95.4 Å². The van der Waals surface area contributed by atoms with E-state index < -0.39 is 131 Å². The van der Waals surface area contributed by atoms with E-state index in [4.69, 9.17) is 26.2 Å². The Labute approximate surface area is 536 Å². The number of benzene rings is 1. The summed E-state index contributed by atoms with van der Waals surface area (Å²) >= 11 is 0. The van der Waals surface area contributed by atoms with Crippen LogP contribution in [0.3, 0.4) is 0 Å². The molecule has 7 amide bonds. The van der Waals surface area contributed by atoms with E-state index >= 15 is 0 Å². The number of guanidine groups is 1. The van der Waals surface area contributed by atoms with Gasteiger partial charge in [0.2, 0.25) is 35.4 Å². The first-order valence-electron chi connectivity index (χ1n) is 30.7. The number of ketones is 1. The second-order valence-electron chi connectivity index (χ2n) is 23.5. The Morgan fingerprint density at radius 1 is 0.720 bits per heavy atom. The second-order valence-corrected chi connectivity index (χ2v) is 25.1. The van der Waals surface area contributed by atoms with Crippen LogP contribution < -0.4 is 48.7 Å². The minimum atomic E-state index is -4.50. The summed E-state index contributed by atoms with van der Waals surface area (Å²) in [6.07, 6.45) is -0.685. The molecule has 8 bridgehead atoms. The Morgan fingerprint density at radius 3 is 1.98 bits per heavy atom. The van der Waals surface area contributed by atoms with Crippen LogP contribution in [0.1, 0.15) is 168 Å². The number of rotatable bonds is 23. The molecule has 7 rings (SSSR count). The van der Waals surface area contributed by atoms with E-state index in [-0.39, 0.29) is 104 Å². The van der Waals surface area contributed by atoms with Crippen molar-refractivity contribution in [3.05, 3.63) is 105 Å². The first-order valence-corrected chi connectivity index (χ1v) is 32.3. The molecule has 93 heavy (non-hydrogen) atoms. The molecule has 4 aromatic rings. The number of aromatic amines is 2. The monoisotopic (exact) mass is 1310 g/mol. The van der Waals surface area contributed by atoms with Crippen LogP contribution in [-0.2, 0) is 66.1 Å². The summed E-state index contributed by atoms with van der Waals surface area (Å²) in [6.45, 7) is 9.71. The molecule has 0 radical (unpaired) electrons. The number of methoxy groups -OCH3 is 1. The van der Waals surface area contributed by atoms with Crippen molar-refractivity contribution in [2.45, 2.75) is 154 Å². The molecule has 15 N–H and O–H groups in total. The predicted molar refractivity (Wildman–Crippen MR) is 342 cm³/mol. The van der Waals surface area contributed by atoms with Crippen molar-refractivity contribution in [1.82, 2.24) is 57.2 Å². The Kier molecular flexibility index (Phi) is 24.1. The number of fused-ring (bicyclic) bond motifs is 8. The van der Waals surface area contributed by atoms with E-state index in [2.05, 4.69) is 52.2 Å². The maximum Gasteiger partial charge on any atom is 0.310 e. The lowest BCUT2D eigenvalue weighted by molar-refractivity contribution is -0.141. The molecule has 29 nitrogen and oxygen atoms in total. The van der Waals surface area contributed by atoms with Crippen molar-refractivity contribution in [2.75, 3.05) is 39.0 Å². The number of carboxylic acids is 1. The summed E-state index contributed by atoms with van der Waals surface area (Å²) in [5.41, 5.74) is 16.9. The summed E-state index contributed by atoms with van der Waals surface area (Å²) < 4.78 is 38.4. The van der Waals surface area contributed by atoms with E-state index in [9.17, 15) is 66.0 Å². The number of aliphatic imine (C=N–C) groups is 1. The second kappa shape index (κ2) is 31.6. The van der Waals surface area contributed by atoms with Crippen molar-refractivity contribution in [3.63, 3.8) is 0 Å². The molecule has 3 aliphatic rings. The maximum atomic E-state index is 14.5. The highest BCUT2D eigenvalue weighted by atomic mass is 32.2. The van der Waals surface area contributed by atoms with Gasteiger partial charge in [-0.05, 0) is 94.2 Å². The van der Waals surface area contributed by atoms with Crippen LogP contribution in [-0.4, -0.2) is 166 Å². The number of hydrogen-bond acceptors (Lipinski definition) is 16. The average molecular weight is 1310 g/mol. The van der Waals surface area contributed by atoms with Crippen molar-refractivity contribution in [2.24, 2.45) is 16.5 Å². The number of unbranched alkanes of at least 4 members (excludes halogenated alkanes) is 1. The summed E-state index contributed by atoms with van der Waals surface area (Å²) in [6, 6.07) is 8.13. The quantitative estimate of drug-likeness (QED) is 0.0126. The fourth-order valence-electron chi connectivity index (χ4n) is 11.9. The molecule has 8 atom stereocenters. The molecule has 0 saturated carbocycles. The standard InChI is InChI=1S/C63H82N14O15S/c1-8-37-31(2)42-28-47-54(35(6)78)33(4)44(71-47)26-43-32(3)38(56(73-43)39(25-53(83)92-7)57-55(62(88)67-21-22-93(89,90)91)34(5)45(74-57)27-46(37)70-42)24-50(79)66-19-13-12-17-41-59(85)75-40(18-14-20-68-63(64)65)58(84)69-30-51(80)72-49(29-52(81)82)61(87)77-48(60(86)76-41)23-36-15-10-9-11-16-36/h9-11,15-16,26-28,31-32,37-38,40-41,48-49,71,74H,8,12-14,17-25,29-30H2,1-7H3,(H,66,79)(H,67,88)(H,69,84)(H,72,80)(H,75,85)(H,76,86)(H,77,87)(H,81,82)(H4,64,65,68)(H,89,90,91)/t31-,32+,37-,38+,40+,41+,48-,49+/m1/s1. The zero-order valence-electron chi connectivity index (χ0n) is 53.0. The van der Waals surface area contributed by atoms with Crippen LogP contribution in [0.15, 0.2) is 53.5 Å². The average Bonchev–Trinajstić information content (AvgIpc) is 1.61. The van der Waals surface area contributed by atoms with Crippen LogP contribution >= 0.6 is 0 Å². The number of aromatic nitrogens is 4. The minimum Gasteiger partial charge on any atom is -0.481 e. The highest BCUT2D eigenvalue weighted by Crippen LogP contribution is 2.43. The first kappa shape index (κ1) is 70.9. The number of esters is 1. The third-order valence-corrected chi connectivity index (χ3v) is 17.6. The van der Waals surface area contributed by atoms with Gasteiger partial charge >= 0.3 is 11.9 Å². The highest BCUT2D eigenvalue weighted by Gasteiger charge is 2.37. The number of carbonyl (C=O) groups is 10. The van der Waals surface area contributed by atoms with Gasteiger partial charge in [0.15, 0.2) is 11.7 Å². The number of aryl methyl sites for hydroxylation is 2. The molecule has 3 aromatic heterocycles. The van der Waals surface area contributed by atoms with Crippen molar-refractivity contribution in [3.8, 4) is 0 Å². The van der Waals surface area contributed by atoms with Gasteiger partial charge in [-0.1, -0.05) is 51.1 Å². The number of amides is 7. The van der Waals surface area contributed by atoms with Gasteiger partial charge in [0.1, 0.15) is 24.2 Å². The van der Waals surface area contributed by atoms with Crippen molar-refractivity contribution < 1.29 is 70.8 Å². The van der Waals surface area contributed by atoms with E-state index in [0.717, 1.165) is 0 Å². The van der Waals surface area contributed by atoms with Gasteiger partial charge < -0.3 is 68.5 Å². The zero-order chi connectivity index (χ0) is 68.0. The topological polar surface area (TPSA) is 460 Å². The fourth-order valence-corrected chi connectivity index (χ4v) is 12.3. The van der Waals surface area contributed by atoms with E-state index in [0.29, 0.717) is 62.3 Å². The van der Waals surface area contributed by atoms with E-state index in [1.807, 2.05) is 26.8 Å². The third kappa shape index (κ3) is 18.6. The summed E-state index contributed by atoms with van der Waals surface area (Å²) in [5.74, 6) is -10.7. The molecule has 0 unspecified atom stereocenters. The van der Waals surface area contributed by atoms with Crippen LogP contribution in [0.25, 0.3) is 22.1 Å². The Balaban J connectivity index is 1.24. The number of hydrogen-bond donors (Lipinski definition) is 13. The molecular weight excluding hydrogens is 1220 g/mol. The van der Waals surface area contributed by atoms with Crippen molar-refractivity contribution in [1.29, 1.82) is 0 Å². The van der Waals surface area contributed by atoms with Gasteiger partial charge in [0.25, 0.3) is 16.0 Å². The van der Waals surface area contributed by atoms with Crippen LogP contribution in [0.2, 0.25) is 0 Å². The van der Waals surface area contributed by atoms with E-state index in [1.54, 1.807) is 56.3 Å². The van der Waals surface area contributed by atoms with Crippen LogP contribution in [0.5, 0.6) is 0 Å². The lowest BCUT2D eigenvalue weighted by Crippen LogP contribution is -2.58. The number of aliphatic carboxylic acids is 1. The maximum absolute atomic E-state index is 14.5. The van der Waals surface area contributed by atoms with Gasteiger partial charge in [-0.2, -0.15) is 8.42 Å². The summed E-state index contributed by atoms with van der Waals surface area (Å²) in [5, 5.41) is 27.9. The predicted octanol–water partition coefficient (Wildman–Crippen LogP) is 2.17. The molecular formula is C63H82N14O15S. The molecule has 0 spiro atoms. The summed E-state index contributed by atoms with van der Waals surface area (Å²) in [7, 11) is -3.31. The zero-order valence-corrected chi connectivity index (χ0v) is 53.8. The number of nitrogens with zero attached hydrogens (tertiary/aromatic N) is 3. The number of ether oxygens (including phenoxy) is 1. The largest absolute Gasteiger partial charge is 0.481 e. The van der Waals surface area contributed by atoms with Gasteiger partial charge in [-0.3, -0.25) is 67.5 Å². The number of carboxylic acid groups (broad SMARTS) is 1. The fraction of sp³-hybridized carbons (Fsp3) is 0.476. The van der Waals surface area contributed by atoms with Gasteiger partial charge in [-0.15, -0.1) is 0 Å². The number of H-pyrrole nitrogens is 2. The van der Waals surface area contributed by atoms with Crippen LogP contribution in [0.4, 0.5) is 0 Å². The normalized spacial score (nSPS) is 20.5. The molecule has 6 heterocycles. The van der Waals surface area contributed by atoms with Gasteiger partial charge in [-0.25, -0.2) is 0 Å². The van der Waals surface area contributed by atoms with Crippen LogP contribution in [0, 0.1) is 13.8 Å². The first-order chi connectivity index (χ1) is 44.1. The van der Waals surface area contributed by atoms with Crippen molar-refractivity contribution >= 4 is 97.2 Å². The Hall–Kier alpha value is -9.58. The molecule has 3 aliphatic heterocycles. The Bertz CT molecular complexity index is 3860. The highest BCUT2D eigenvalue weighted by molar-refractivity contribution is 7.85. The number of Topliss-reactive ketones (excluding diaryl/α,β-unsaturated/α-hetero) is 1. The number of nitrogens with two attached hydrogens (primary N) is 2. The van der Waals surface area contributed by atoms with E-state index in [1.165, 1.54) is 14.0 Å². The minimum absolute atomic E-state index is 0.0164. The number of carbonyl (C=O) groups excluding carboxylic acids is 9. The number of nitrogens with one attached hydrogen (secondary N) is 9. The smallest absolute Gasteiger partial charge is 0.310 e. The Morgan fingerprint density at radius 2 is 1.32 bits per heavy atom. The molecule has 30 heteroatoms. The van der Waals surface area contributed by atoms with Gasteiger partial charge in [0.05, 0.1) is 54.5 Å². The lowest BCUT2D eigenvalue weighted by Gasteiger charge is -2.26. The lowest BCUT2D eigenvalue weighted by atomic mass is 9.85.